The van der Waals surface area contributed by atoms with Gasteiger partial charge >= 0.3 is 0 Å². The normalized spacial score (nSPS) is 16.7. The Morgan fingerprint density at radius 2 is 1.92 bits per heavy atom. The summed E-state index contributed by atoms with van der Waals surface area (Å²) in [5, 5.41) is 11.2. The van der Waals surface area contributed by atoms with Gasteiger partial charge in [-0.05, 0) is 12.8 Å². The van der Waals surface area contributed by atoms with Gasteiger partial charge in [0.15, 0.2) is 5.76 Å². The molecule has 0 aliphatic carbocycles. The van der Waals surface area contributed by atoms with Crippen molar-refractivity contribution in [3.05, 3.63) is 11.3 Å². The molecule has 0 atom stereocenters. The second-order valence-corrected chi connectivity index (χ2v) is 3.07. The van der Waals surface area contributed by atoms with Crippen LogP contribution in [0.15, 0.2) is 11.3 Å². The molecular formula is C9H13NO3. The minimum atomic E-state index is -0.670. The van der Waals surface area contributed by atoms with Gasteiger partial charge in [-0.1, -0.05) is 19.8 Å². The zero-order chi connectivity index (χ0) is 9.84. The van der Waals surface area contributed by atoms with Crippen LogP contribution >= 0.6 is 0 Å². The van der Waals surface area contributed by atoms with Crippen molar-refractivity contribution in [2.75, 3.05) is 0 Å². The summed E-state index contributed by atoms with van der Waals surface area (Å²) in [6.45, 7) is 2.05. The van der Waals surface area contributed by atoms with E-state index in [2.05, 4.69) is 0 Å². The number of carbonyl (C=O) groups is 2. The van der Waals surface area contributed by atoms with E-state index in [1.807, 2.05) is 12.2 Å². The molecule has 0 unspecified atom stereocenters. The van der Waals surface area contributed by atoms with E-state index in [1.54, 1.807) is 0 Å². The number of aliphatic hydroxyl groups excluding tert-OH is 1. The van der Waals surface area contributed by atoms with Crippen molar-refractivity contribution < 1.29 is 14.7 Å². The number of hydrogen-bond donors (Lipinski definition) is 2. The predicted molar refractivity (Wildman–Crippen MR) is 46.9 cm³/mol. The van der Waals surface area contributed by atoms with Crippen LogP contribution in [-0.2, 0) is 9.59 Å². The Labute approximate surface area is 76.6 Å². The highest BCUT2D eigenvalue weighted by molar-refractivity contribution is 6.18. The summed E-state index contributed by atoms with van der Waals surface area (Å²) in [7, 11) is 0. The molecule has 1 rings (SSSR count). The number of amides is 2. The maximum absolute atomic E-state index is 11.0. The summed E-state index contributed by atoms with van der Waals surface area (Å²) in [5.41, 5.74) is 0.235. The van der Waals surface area contributed by atoms with E-state index in [0.717, 1.165) is 19.3 Å². The van der Waals surface area contributed by atoms with Crippen molar-refractivity contribution >= 4 is 11.8 Å². The molecule has 13 heavy (non-hydrogen) atoms. The second-order valence-electron chi connectivity index (χ2n) is 3.07. The number of carbonyl (C=O) groups excluding carboxylic acids is 2. The maximum Gasteiger partial charge on any atom is 0.293 e. The maximum atomic E-state index is 11.0. The van der Waals surface area contributed by atoms with E-state index < -0.39 is 17.6 Å². The summed E-state index contributed by atoms with van der Waals surface area (Å²) >= 11 is 0. The summed E-state index contributed by atoms with van der Waals surface area (Å²) in [6, 6.07) is 0. The van der Waals surface area contributed by atoms with E-state index in [-0.39, 0.29) is 5.57 Å². The summed E-state index contributed by atoms with van der Waals surface area (Å²) < 4.78 is 0. The predicted octanol–water partition coefficient (Wildman–Crippen LogP) is 1.04. The quantitative estimate of drug-likeness (QED) is 0.505. The first-order chi connectivity index (χ1) is 6.16. The topological polar surface area (TPSA) is 66.4 Å². The molecule has 1 aliphatic heterocycles. The van der Waals surface area contributed by atoms with Crippen LogP contribution in [0.2, 0.25) is 0 Å². The van der Waals surface area contributed by atoms with Crippen LogP contribution in [0.4, 0.5) is 0 Å². The lowest BCUT2D eigenvalue weighted by molar-refractivity contribution is -0.125. The van der Waals surface area contributed by atoms with E-state index in [1.165, 1.54) is 0 Å². The molecule has 2 N–H and O–H groups in total. The first-order valence-electron chi connectivity index (χ1n) is 4.44. The van der Waals surface area contributed by atoms with Gasteiger partial charge in [0.1, 0.15) is 0 Å². The number of rotatable bonds is 4. The largest absolute Gasteiger partial charge is 0.503 e. The summed E-state index contributed by atoms with van der Waals surface area (Å²) in [5.74, 6) is -1.52. The van der Waals surface area contributed by atoms with Crippen molar-refractivity contribution in [1.82, 2.24) is 5.32 Å². The van der Waals surface area contributed by atoms with Crippen LogP contribution in [0.25, 0.3) is 0 Å². The van der Waals surface area contributed by atoms with Crippen LogP contribution in [0, 0.1) is 0 Å². The van der Waals surface area contributed by atoms with Crippen LogP contribution < -0.4 is 5.32 Å². The number of nitrogens with one attached hydrogen (secondary N) is 1. The van der Waals surface area contributed by atoms with Crippen LogP contribution in [0.1, 0.15) is 32.6 Å². The van der Waals surface area contributed by atoms with Crippen molar-refractivity contribution in [3.8, 4) is 0 Å². The fraction of sp³-hybridized carbons (Fsp3) is 0.556. The molecular weight excluding hydrogens is 170 g/mol. The van der Waals surface area contributed by atoms with Gasteiger partial charge in [0.05, 0.1) is 5.57 Å². The lowest BCUT2D eigenvalue weighted by Gasteiger charge is -1.97. The fourth-order valence-corrected chi connectivity index (χ4v) is 1.27. The Kier molecular flexibility index (Phi) is 3.06. The van der Waals surface area contributed by atoms with E-state index in [9.17, 15) is 14.7 Å². The zero-order valence-electron chi connectivity index (χ0n) is 7.59. The highest BCUT2D eigenvalue weighted by Crippen LogP contribution is 2.16. The average Bonchev–Trinajstić information content (AvgIpc) is 2.32. The molecule has 1 heterocycles. The Morgan fingerprint density at radius 3 is 2.38 bits per heavy atom. The fourth-order valence-electron chi connectivity index (χ4n) is 1.27. The van der Waals surface area contributed by atoms with E-state index in [4.69, 9.17) is 0 Å². The molecule has 4 heteroatoms. The molecule has 4 nitrogen and oxygen atoms in total. The van der Waals surface area contributed by atoms with Gasteiger partial charge in [-0.3, -0.25) is 14.9 Å². The third-order valence-electron chi connectivity index (χ3n) is 2.03. The van der Waals surface area contributed by atoms with E-state index in [0.29, 0.717) is 6.42 Å². The first kappa shape index (κ1) is 9.77. The highest BCUT2D eigenvalue weighted by atomic mass is 16.3. The van der Waals surface area contributed by atoms with Gasteiger partial charge in [0, 0.05) is 0 Å². The molecule has 0 aromatic carbocycles. The standard InChI is InChI=1S/C9H13NO3/c1-2-3-4-5-6-7(11)9(13)10-8(6)12/h2-5H2,1H3,(H2,10,11,12,13). The van der Waals surface area contributed by atoms with Gasteiger partial charge < -0.3 is 5.11 Å². The number of unbranched alkanes of at least 4 members (excludes halogenated alkanes) is 2. The van der Waals surface area contributed by atoms with Crippen molar-refractivity contribution in [2.24, 2.45) is 0 Å². The summed E-state index contributed by atoms with van der Waals surface area (Å²) in [6.07, 6.45) is 3.36. The molecule has 0 saturated carbocycles. The third-order valence-corrected chi connectivity index (χ3v) is 2.03. The van der Waals surface area contributed by atoms with Crippen LogP contribution in [0.3, 0.4) is 0 Å². The first-order valence-corrected chi connectivity index (χ1v) is 4.44. The monoisotopic (exact) mass is 183 g/mol. The lowest BCUT2D eigenvalue weighted by Crippen LogP contribution is -2.23. The van der Waals surface area contributed by atoms with Gasteiger partial charge in [0.2, 0.25) is 0 Å². The number of aliphatic hydroxyl groups is 1. The molecule has 0 fully saturated rings. The van der Waals surface area contributed by atoms with Gasteiger partial charge in [-0.15, -0.1) is 0 Å². The van der Waals surface area contributed by atoms with Crippen molar-refractivity contribution in [1.29, 1.82) is 0 Å². The minimum Gasteiger partial charge on any atom is -0.503 e. The molecule has 2 amide bonds. The Balaban J connectivity index is 2.56. The van der Waals surface area contributed by atoms with Crippen molar-refractivity contribution in [3.63, 3.8) is 0 Å². The molecule has 0 aromatic rings. The Morgan fingerprint density at radius 1 is 1.23 bits per heavy atom. The highest BCUT2D eigenvalue weighted by Gasteiger charge is 2.28. The molecule has 0 aromatic heterocycles. The van der Waals surface area contributed by atoms with Crippen molar-refractivity contribution in [2.45, 2.75) is 32.6 Å². The second kappa shape index (κ2) is 4.07. The molecule has 72 valence electrons. The minimum absolute atomic E-state index is 0.235. The zero-order valence-corrected chi connectivity index (χ0v) is 7.59. The van der Waals surface area contributed by atoms with Gasteiger partial charge in [0.25, 0.3) is 11.8 Å². The molecule has 1 aliphatic rings. The average molecular weight is 183 g/mol. The summed E-state index contributed by atoms with van der Waals surface area (Å²) in [4.78, 5) is 21.8. The van der Waals surface area contributed by atoms with Gasteiger partial charge in [-0.25, -0.2) is 0 Å². The SMILES string of the molecule is CCCCCC1=C(O)C(=O)NC1=O. The smallest absolute Gasteiger partial charge is 0.293 e. The van der Waals surface area contributed by atoms with Crippen LogP contribution in [-0.4, -0.2) is 16.9 Å². The Bertz CT molecular complexity index is 268. The molecule has 0 radical (unpaired) electrons. The number of hydrogen-bond acceptors (Lipinski definition) is 3. The number of imide groups is 1. The molecule has 0 saturated heterocycles. The van der Waals surface area contributed by atoms with Gasteiger partial charge in [-0.2, -0.15) is 0 Å². The van der Waals surface area contributed by atoms with Crippen LogP contribution in [0.5, 0.6) is 0 Å². The Hall–Kier alpha value is -1.32. The molecule has 0 bridgehead atoms. The van der Waals surface area contributed by atoms with E-state index >= 15 is 0 Å². The third kappa shape index (κ3) is 2.08. The molecule has 0 spiro atoms. The lowest BCUT2D eigenvalue weighted by atomic mass is 10.1.